The molecule has 0 spiro atoms. The molecule has 0 unspecified atom stereocenters. The second-order valence-electron chi connectivity index (χ2n) is 6.73. The summed E-state index contributed by atoms with van der Waals surface area (Å²) in [6, 6.07) is 8.31. The molecule has 1 fully saturated rings. The van der Waals surface area contributed by atoms with Crippen LogP contribution in [0.3, 0.4) is 0 Å². The Morgan fingerprint density at radius 3 is 2.60 bits per heavy atom. The third-order valence-electron chi connectivity index (χ3n) is 4.88. The highest BCUT2D eigenvalue weighted by molar-refractivity contribution is 5.73. The Balaban J connectivity index is 1.36. The summed E-state index contributed by atoms with van der Waals surface area (Å²) < 4.78 is 5.38. The van der Waals surface area contributed by atoms with E-state index >= 15 is 0 Å². The summed E-state index contributed by atoms with van der Waals surface area (Å²) in [7, 11) is 0. The van der Waals surface area contributed by atoms with Crippen molar-refractivity contribution >= 4 is 11.7 Å². The van der Waals surface area contributed by atoms with Crippen LogP contribution in [0, 0.1) is 0 Å². The molecule has 136 valence electrons. The molecule has 5 nitrogen and oxygen atoms in total. The Morgan fingerprint density at radius 1 is 1.08 bits per heavy atom. The molecule has 2 aliphatic rings. The average Bonchev–Trinajstić information content (AvgIpc) is 2.68. The Hall–Kier alpha value is -2.01. The first-order valence-electron chi connectivity index (χ1n) is 9.42. The number of urea groups is 1. The summed E-state index contributed by atoms with van der Waals surface area (Å²) in [6.07, 6.45) is 8.29. The van der Waals surface area contributed by atoms with Crippen molar-refractivity contribution in [3.05, 3.63) is 41.5 Å². The highest BCUT2D eigenvalue weighted by Crippen LogP contribution is 2.19. The topological polar surface area (TPSA) is 53.6 Å². The fourth-order valence-corrected chi connectivity index (χ4v) is 3.36. The second-order valence-corrected chi connectivity index (χ2v) is 6.73. The van der Waals surface area contributed by atoms with E-state index in [1.54, 1.807) is 0 Å². The van der Waals surface area contributed by atoms with Crippen molar-refractivity contribution < 1.29 is 9.53 Å². The lowest BCUT2D eigenvalue weighted by Gasteiger charge is -2.28. The smallest absolute Gasteiger partial charge is 0.315 e. The molecule has 1 aliphatic carbocycles. The lowest BCUT2D eigenvalue weighted by molar-refractivity contribution is 0.122. The molecule has 0 saturated carbocycles. The molecule has 0 bridgehead atoms. The van der Waals surface area contributed by atoms with Crippen LogP contribution in [-0.2, 0) is 11.3 Å². The van der Waals surface area contributed by atoms with Gasteiger partial charge in [0.2, 0.25) is 0 Å². The first-order chi connectivity index (χ1) is 12.3. The molecule has 1 aromatic rings. The van der Waals surface area contributed by atoms with E-state index in [-0.39, 0.29) is 6.03 Å². The van der Waals surface area contributed by atoms with Crippen LogP contribution < -0.4 is 15.5 Å². The molecule has 1 aliphatic heterocycles. The maximum Gasteiger partial charge on any atom is 0.315 e. The molecule has 2 N–H and O–H groups in total. The highest BCUT2D eigenvalue weighted by Gasteiger charge is 2.11. The highest BCUT2D eigenvalue weighted by atomic mass is 16.5. The molecular weight excluding hydrogens is 314 g/mol. The Kier molecular flexibility index (Phi) is 6.74. The van der Waals surface area contributed by atoms with Gasteiger partial charge in [0.1, 0.15) is 0 Å². The van der Waals surface area contributed by atoms with Crippen LogP contribution in [0.1, 0.15) is 37.7 Å². The van der Waals surface area contributed by atoms with Gasteiger partial charge in [-0.25, -0.2) is 4.79 Å². The van der Waals surface area contributed by atoms with Crippen molar-refractivity contribution in [3.63, 3.8) is 0 Å². The summed E-state index contributed by atoms with van der Waals surface area (Å²) in [5.74, 6) is 0. The fraction of sp³-hybridized carbons (Fsp3) is 0.550. The minimum Gasteiger partial charge on any atom is -0.378 e. The first-order valence-corrected chi connectivity index (χ1v) is 9.42. The summed E-state index contributed by atoms with van der Waals surface area (Å²) in [4.78, 5) is 14.2. The van der Waals surface area contributed by atoms with E-state index in [0.717, 1.165) is 38.3 Å². The van der Waals surface area contributed by atoms with Gasteiger partial charge in [0, 0.05) is 31.9 Å². The molecule has 2 amide bonds. The zero-order valence-corrected chi connectivity index (χ0v) is 14.9. The molecule has 0 atom stereocenters. The van der Waals surface area contributed by atoms with Crippen LogP contribution in [0.15, 0.2) is 35.9 Å². The zero-order valence-electron chi connectivity index (χ0n) is 14.9. The number of rotatable bonds is 6. The van der Waals surface area contributed by atoms with Crippen molar-refractivity contribution in [1.82, 2.24) is 10.6 Å². The number of allylic oxidation sites excluding steroid dienone is 1. The van der Waals surface area contributed by atoms with Crippen molar-refractivity contribution in [2.45, 2.75) is 38.6 Å². The number of amides is 2. The van der Waals surface area contributed by atoms with Gasteiger partial charge in [0.15, 0.2) is 0 Å². The van der Waals surface area contributed by atoms with E-state index in [1.165, 1.54) is 36.9 Å². The summed E-state index contributed by atoms with van der Waals surface area (Å²) in [6.45, 7) is 4.74. The van der Waals surface area contributed by atoms with Crippen LogP contribution in [0.5, 0.6) is 0 Å². The van der Waals surface area contributed by atoms with Crippen LogP contribution in [0.2, 0.25) is 0 Å². The van der Waals surface area contributed by atoms with Gasteiger partial charge in [-0.3, -0.25) is 0 Å². The van der Waals surface area contributed by atoms with E-state index in [4.69, 9.17) is 4.74 Å². The van der Waals surface area contributed by atoms with Gasteiger partial charge in [-0.2, -0.15) is 0 Å². The van der Waals surface area contributed by atoms with Crippen LogP contribution in [0.25, 0.3) is 0 Å². The summed E-state index contributed by atoms with van der Waals surface area (Å²) >= 11 is 0. The van der Waals surface area contributed by atoms with Gasteiger partial charge in [-0.1, -0.05) is 23.8 Å². The van der Waals surface area contributed by atoms with Crippen LogP contribution in [-0.4, -0.2) is 38.9 Å². The Bertz CT molecular complexity index is 577. The number of hydrogen-bond donors (Lipinski definition) is 2. The minimum absolute atomic E-state index is 0.0892. The van der Waals surface area contributed by atoms with Gasteiger partial charge in [0.05, 0.1) is 13.2 Å². The van der Waals surface area contributed by atoms with E-state index in [1.807, 2.05) is 0 Å². The van der Waals surface area contributed by atoms with E-state index in [2.05, 4.69) is 45.9 Å². The molecule has 25 heavy (non-hydrogen) atoms. The maximum absolute atomic E-state index is 11.9. The Morgan fingerprint density at radius 2 is 1.88 bits per heavy atom. The molecule has 0 aromatic heterocycles. The number of nitrogens with one attached hydrogen (secondary N) is 2. The van der Waals surface area contributed by atoms with Crippen LogP contribution >= 0.6 is 0 Å². The van der Waals surface area contributed by atoms with Crippen molar-refractivity contribution in [3.8, 4) is 0 Å². The monoisotopic (exact) mass is 343 g/mol. The number of carbonyl (C=O) groups is 1. The lowest BCUT2D eigenvalue weighted by Crippen LogP contribution is -2.36. The van der Waals surface area contributed by atoms with E-state index < -0.39 is 0 Å². The first kappa shape index (κ1) is 17.8. The normalized spacial score (nSPS) is 17.8. The summed E-state index contributed by atoms with van der Waals surface area (Å²) in [5, 5.41) is 5.88. The van der Waals surface area contributed by atoms with Crippen molar-refractivity contribution in [1.29, 1.82) is 0 Å². The van der Waals surface area contributed by atoms with E-state index in [9.17, 15) is 4.79 Å². The van der Waals surface area contributed by atoms with Gasteiger partial charge >= 0.3 is 6.03 Å². The predicted octanol–water partition coefficient (Wildman–Crippen LogP) is 3.21. The molecule has 3 rings (SSSR count). The van der Waals surface area contributed by atoms with Gasteiger partial charge in [0.25, 0.3) is 0 Å². The van der Waals surface area contributed by atoms with Gasteiger partial charge in [-0.15, -0.1) is 0 Å². The van der Waals surface area contributed by atoms with Gasteiger partial charge in [-0.05, 0) is 49.8 Å². The molecule has 1 aromatic carbocycles. The third-order valence-corrected chi connectivity index (χ3v) is 4.88. The number of nitrogens with zero attached hydrogens (tertiary/aromatic N) is 1. The quantitative estimate of drug-likeness (QED) is 0.780. The number of carbonyl (C=O) groups excluding carboxylic acids is 1. The summed E-state index contributed by atoms with van der Waals surface area (Å²) in [5.41, 5.74) is 3.82. The molecule has 0 radical (unpaired) electrons. The Labute approximate surface area is 150 Å². The number of morpholine rings is 1. The molecule has 1 saturated heterocycles. The number of ether oxygens (including phenoxy) is 1. The second kappa shape index (κ2) is 9.47. The number of anilines is 1. The molecular formula is C20H29N3O2. The standard InChI is InChI=1S/C20H29N3O2/c24-20(21-11-10-17-4-2-1-3-5-17)22-16-18-6-8-19(9-7-18)23-12-14-25-15-13-23/h4,6-9H,1-3,5,10-16H2,(H2,21,22,24). The lowest BCUT2D eigenvalue weighted by atomic mass is 9.97. The number of benzene rings is 1. The fourth-order valence-electron chi connectivity index (χ4n) is 3.36. The van der Waals surface area contributed by atoms with Crippen LogP contribution in [0.4, 0.5) is 10.5 Å². The van der Waals surface area contributed by atoms with E-state index in [0.29, 0.717) is 13.1 Å². The van der Waals surface area contributed by atoms with Crippen molar-refractivity contribution in [2.75, 3.05) is 37.7 Å². The third kappa shape index (κ3) is 5.78. The number of hydrogen-bond acceptors (Lipinski definition) is 3. The minimum atomic E-state index is -0.0892. The maximum atomic E-state index is 11.9. The largest absolute Gasteiger partial charge is 0.378 e. The molecule has 1 heterocycles. The van der Waals surface area contributed by atoms with Gasteiger partial charge < -0.3 is 20.3 Å². The van der Waals surface area contributed by atoms with Crippen molar-refractivity contribution in [2.24, 2.45) is 0 Å². The zero-order chi connectivity index (χ0) is 17.3. The molecule has 5 heteroatoms. The average molecular weight is 343 g/mol. The SMILES string of the molecule is O=C(NCCC1=CCCCC1)NCc1ccc(N2CCOCC2)cc1. The predicted molar refractivity (Wildman–Crippen MR) is 101 cm³/mol.